The Morgan fingerprint density at radius 3 is 2.56 bits per heavy atom. The summed E-state index contributed by atoms with van der Waals surface area (Å²) in [6, 6.07) is 12.5. The number of hydrogen-bond donors (Lipinski definition) is 2. The Morgan fingerprint density at radius 2 is 1.85 bits per heavy atom. The van der Waals surface area contributed by atoms with Crippen molar-refractivity contribution in [3.05, 3.63) is 64.8 Å². The molecule has 0 spiro atoms. The van der Waals surface area contributed by atoms with Gasteiger partial charge in [-0.2, -0.15) is 10.1 Å². The van der Waals surface area contributed by atoms with Crippen LogP contribution in [0.25, 0.3) is 0 Å². The number of aryl methyl sites for hydroxylation is 1. The Balaban J connectivity index is 1.70. The van der Waals surface area contributed by atoms with Gasteiger partial charge in [0.1, 0.15) is 0 Å². The Morgan fingerprint density at radius 1 is 1.11 bits per heavy atom. The smallest absolute Gasteiger partial charge is 0.338 e. The van der Waals surface area contributed by atoms with Gasteiger partial charge in [-0.1, -0.05) is 17.7 Å². The van der Waals surface area contributed by atoms with Crippen LogP contribution in [0.4, 0.5) is 23.1 Å². The van der Waals surface area contributed by atoms with E-state index in [1.54, 1.807) is 37.3 Å². The molecule has 0 amide bonds. The van der Waals surface area contributed by atoms with E-state index in [0.29, 0.717) is 29.0 Å². The lowest BCUT2D eigenvalue weighted by Gasteiger charge is -2.09. The van der Waals surface area contributed by atoms with Crippen molar-refractivity contribution in [3.8, 4) is 0 Å². The van der Waals surface area contributed by atoms with Crippen molar-refractivity contribution < 1.29 is 9.53 Å². The molecule has 27 heavy (non-hydrogen) atoms. The number of carbonyl (C=O) groups excluding carboxylic acids is 1. The summed E-state index contributed by atoms with van der Waals surface area (Å²) in [6.07, 6.45) is 1.51. The highest BCUT2D eigenvalue weighted by Gasteiger charge is 2.07. The van der Waals surface area contributed by atoms with Gasteiger partial charge in [-0.15, -0.1) is 5.10 Å². The summed E-state index contributed by atoms with van der Waals surface area (Å²) in [7, 11) is 0. The fourth-order valence-corrected chi connectivity index (χ4v) is 2.45. The molecular weight excluding hydrogens is 366 g/mol. The van der Waals surface area contributed by atoms with Gasteiger partial charge in [-0.25, -0.2) is 4.79 Å². The lowest BCUT2D eigenvalue weighted by atomic mass is 10.2. The lowest BCUT2D eigenvalue weighted by molar-refractivity contribution is 0.0526. The summed E-state index contributed by atoms with van der Waals surface area (Å²) >= 11 is 6.13. The number of aromatic nitrogens is 3. The maximum Gasteiger partial charge on any atom is 0.338 e. The first-order chi connectivity index (χ1) is 13.0. The number of esters is 1. The number of hydrogen-bond acceptors (Lipinski definition) is 7. The van der Waals surface area contributed by atoms with Gasteiger partial charge in [0, 0.05) is 16.4 Å². The number of benzene rings is 2. The van der Waals surface area contributed by atoms with Crippen molar-refractivity contribution in [1.82, 2.24) is 15.2 Å². The van der Waals surface area contributed by atoms with Crippen LogP contribution in [-0.2, 0) is 4.74 Å². The standard InChI is InChI=1S/C19H18ClN5O2/c1-3-27-18(26)13-5-8-14(9-6-13)22-17-11-21-25-19(24-17)23-15-7-4-12(2)16(20)10-15/h4-11H,3H2,1-2H3,(H2,22,23,24,25). The Hall–Kier alpha value is -3.19. The van der Waals surface area contributed by atoms with Gasteiger partial charge in [-0.05, 0) is 55.8 Å². The van der Waals surface area contributed by atoms with Crippen LogP contribution in [0.2, 0.25) is 5.02 Å². The van der Waals surface area contributed by atoms with Crippen LogP contribution in [-0.4, -0.2) is 27.8 Å². The molecule has 7 nitrogen and oxygen atoms in total. The third kappa shape index (κ3) is 4.92. The van der Waals surface area contributed by atoms with Crippen molar-refractivity contribution >= 4 is 40.7 Å². The van der Waals surface area contributed by atoms with E-state index in [-0.39, 0.29) is 5.97 Å². The fourth-order valence-electron chi connectivity index (χ4n) is 2.27. The maximum atomic E-state index is 11.7. The first-order valence-corrected chi connectivity index (χ1v) is 8.70. The van der Waals surface area contributed by atoms with Gasteiger partial charge < -0.3 is 15.4 Å². The van der Waals surface area contributed by atoms with Crippen LogP contribution in [0.15, 0.2) is 48.7 Å². The lowest BCUT2D eigenvalue weighted by Crippen LogP contribution is -2.05. The number of rotatable bonds is 6. The van der Waals surface area contributed by atoms with Crippen molar-refractivity contribution in [1.29, 1.82) is 0 Å². The second-order valence-corrected chi connectivity index (χ2v) is 6.08. The molecule has 3 aromatic rings. The van der Waals surface area contributed by atoms with Crippen LogP contribution in [0.5, 0.6) is 0 Å². The summed E-state index contributed by atoms with van der Waals surface area (Å²) in [6.45, 7) is 4.04. The van der Waals surface area contributed by atoms with E-state index < -0.39 is 0 Å². The van der Waals surface area contributed by atoms with Gasteiger partial charge in [0.2, 0.25) is 5.95 Å². The van der Waals surface area contributed by atoms with E-state index in [0.717, 1.165) is 16.9 Å². The van der Waals surface area contributed by atoms with Gasteiger partial charge in [0.25, 0.3) is 0 Å². The van der Waals surface area contributed by atoms with Gasteiger partial charge in [0.05, 0.1) is 18.4 Å². The molecule has 0 aliphatic heterocycles. The number of nitrogens with zero attached hydrogens (tertiary/aromatic N) is 3. The number of halogens is 1. The summed E-state index contributed by atoms with van der Waals surface area (Å²) in [5.41, 5.74) is 3.00. The highest BCUT2D eigenvalue weighted by molar-refractivity contribution is 6.31. The highest BCUT2D eigenvalue weighted by atomic mass is 35.5. The van der Waals surface area contributed by atoms with Gasteiger partial charge >= 0.3 is 5.97 Å². The van der Waals surface area contributed by atoms with Crippen molar-refractivity contribution in [2.45, 2.75) is 13.8 Å². The van der Waals surface area contributed by atoms with Crippen molar-refractivity contribution in [2.75, 3.05) is 17.2 Å². The minimum atomic E-state index is -0.351. The SMILES string of the molecule is CCOC(=O)c1ccc(Nc2cnnc(Nc3ccc(C)c(Cl)c3)n2)cc1. The minimum absolute atomic E-state index is 0.336. The monoisotopic (exact) mass is 383 g/mol. The third-order valence-corrected chi connectivity index (χ3v) is 4.06. The number of nitrogens with one attached hydrogen (secondary N) is 2. The minimum Gasteiger partial charge on any atom is -0.462 e. The zero-order chi connectivity index (χ0) is 19.2. The van der Waals surface area contributed by atoms with Crippen molar-refractivity contribution in [3.63, 3.8) is 0 Å². The largest absolute Gasteiger partial charge is 0.462 e. The van der Waals surface area contributed by atoms with E-state index in [1.807, 2.05) is 19.1 Å². The molecule has 0 saturated carbocycles. The predicted molar refractivity (Wildman–Crippen MR) is 105 cm³/mol. The van der Waals surface area contributed by atoms with Crippen LogP contribution < -0.4 is 10.6 Å². The molecule has 1 aromatic heterocycles. The number of anilines is 4. The van der Waals surface area contributed by atoms with Crippen molar-refractivity contribution in [2.24, 2.45) is 0 Å². The topological polar surface area (TPSA) is 89.0 Å². The molecule has 0 unspecified atom stereocenters. The molecular formula is C19H18ClN5O2. The molecule has 0 radical (unpaired) electrons. The first kappa shape index (κ1) is 18.6. The molecule has 2 N–H and O–H groups in total. The zero-order valence-corrected chi connectivity index (χ0v) is 15.6. The molecule has 1 heterocycles. The third-order valence-electron chi connectivity index (χ3n) is 3.66. The van der Waals surface area contributed by atoms with E-state index in [1.165, 1.54) is 6.20 Å². The van der Waals surface area contributed by atoms with Crippen LogP contribution in [0.1, 0.15) is 22.8 Å². The van der Waals surface area contributed by atoms with E-state index >= 15 is 0 Å². The highest BCUT2D eigenvalue weighted by Crippen LogP contribution is 2.22. The fraction of sp³-hybridized carbons (Fsp3) is 0.158. The zero-order valence-electron chi connectivity index (χ0n) is 14.9. The Labute approximate surface area is 161 Å². The van der Waals surface area contributed by atoms with Crippen LogP contribution >= 0.6 is 11.6 Å². The van der Waals surface area contributed by atoms with Crippen LogP contribution in [0, 0.1) is 6.92 Å². The Bertz CT molecular complexity index is 947. The van der Waals surface area contributed by atoms with E-state index in [2.05, 4.69) is 25.8 Å². The second-order valence-electron chi connectivity index (χ2n) is 5.68. The Kier molecular flexibility index (Phi) is 5.83. The maximum absolute atomic E-state index is 11.7. The molecule has 0 fully saturated rings. The summed E-state index contributed by atoms with van der Waals surface area (Å²) in [4.78, 5) is 16.1. The van der Waals surface area contributed by atoms with Crippen LogP contribution in [0.3, 0.4) is 0 Å². The number of carbonyl (C=O) groups is 1. The molecule has 0 atom stereocenters. The van der Waals surface area contributed by atoms with Gasteiger partial charge in [-0.3, -0.25) is 0 Å². The molecule has 0 saturated heterocycles. The average Bonchev–Trinajstić information content (AvgIpc) is 2.66. The van der Waals surface area contributed by atoms with Gasteiger partial charge in [0.15, 0.2) is 5.82 Å². The average molecular weight is 384 g/mol. The molecule has 2 aromatic carbocycles. The first-order valence-electron chi connectivity index (χ1n) is 8.32. The molecule has 0 bridgehead atoms. The van der Waals surface area contributed by atoms with E-state index in [4.69, 9.17) is 16.3 Å². The predicted octanol–water partition coefficient (Wildman–Crippen LogP) is 4.50. The molecule has 0 aliphatic carbocycles. The van der Waals surface area contributed by atoms with E-state index in [9.17, 15) is 4.79 Å². The molecule has 3 rings (SSSR count). The molecule has 8 heteroatoms. The summed E-state index contributed by atoms with van der Waals surface area (Å²) in [5.74, 6) is 0.494. The second kappa shape index (κ2) is 8.46. The normalized spacial score (nSPS) is 10.3. The summed E-state index contributed by atoms with van der Waals surface area (Å²) in [5, 5.41) is 14.8. The summed E-state index contributed by atoms with van der Waals surface area (Å²) < 4.78 is 4.97. The molecule has 0 aliphatic rings. The molecule has 138 valence electrons. The number of ether oxygens (including phenoxy) is 1. The quantitative estimate of drug-likeness (QED) is 0.606.